The molecule has 0 radical (unpaired) electrons. The normalized spacial score (nSPS) is 10.9. The molecule has 0 aliphatic carbocycles. The Morgan fingerprint density at radius 1 is 1.29 bits per heavy atom. The number of rotatable bonds is 3. The first-order valence-corrected chi connectivity index (χ1v) is 5.40. The van der Waals surface area contributed by atoms with Gasteiger partial charge in [-0.3, -0.25) is 9.79 Å². The Morgan fingerprint density at radius 3 is 2.65 bits per heavy atom. The number of aliphatic imine (C=N–C) groups is 1. The number of nitrogens with one attached hydrogen (secondary N) is 3. The molecule has 1 aromatic rings. The minimum Gasteiger partial charge on any atom is -0.359 e. The van der Waals surface area contributed by atoms with E-state index in [1.54, 1.807) is 27.2 Å². The molecular formula is C12H18N4O. The minimum absolute atomic E-state index is 0.0788. The fourth-order valence-electron chi connectivity index (χ4n) is 1.43. The number of guanidine groups is 1. The van der Waals surface area contributed by atoms with E-state index < -0.39 is 0 Å². The summed E-state index contributed by atoms with van der Waals surface area (Å²) in [5.74, 6) is 0.639. The highest BCUT2D eigenvalue weighted by atomic mass is 16.1. The Balaban J connectivity index is 2.69. The third-order valence-corrected chi connectivity index (χ3v) is 2.34. The monoisotopic (exact) mass is 234 g/mol. The van der Waals surface area contributed by atoms with Crippen molar-refractivity contribution in [3.05, 3.63) is 35.4 Å². The zero-order valence-corrected chi connectivity index (χ0v) is 10.4. The number of carbonyl (C=O) groups is 1. The molecule has 0 saturated heterocycles. The summed E-state index contributed by atoms with van der Waals surface area (Å²) in [6.45, 7) is 0.623. The molecule has 0 bridgehead atoms. The first-order chi connectivity index (χ1) is 8.21. The van der Waals surface area contributed by atoms with Crippen LogP contribution in [0, 0.1) is 0 Å². The van der Waals surface area contributed by atoms with E-state index in [1.165, 1.54) is 0 Å². The second kappa shape index (κ2) is 6.52. The number of nitrogens with zero attached hydrogens (tertiary/aromatic N) is 1. The number of hydrogen-bond donors (Lipinski definition) is 3. The zero-order chi connectivity index (χ0) is 12.7. The maximum absolute atomic E-state index is 11.4. The molecule has 1 aromatic carbocycles. The Kier molecular flexibility index (Phi) is 5.00. The highest BCUT2D eigenvalue weighted by Gasteiger charge is 2.03. The lowest BCUT2D eigenvalue weighted by Crippen LogP contribution is -2.34. The van der Waals surface area contributed by atoms with Crippen molar-refractivity contribution in [2.24, 2.45) is 4.99 Å². The lowest BCUT2D eigenvalue weighted by molar-refractivity contribution is 0.0963. The van der Waals surface area contributed by atoms with E-state index in [4.69, 9.17) is 0 Å². The van der Waals surface area contributed by atoms with E-state index in [1.807, 2.05) is 18.2 Å². The molecule has 0 atom stereocenters. The van der Waals surface area contributed by atoms with Crippen molar-refractivity contribution >= 4 is 11.9 Å². The zero-order valence-electron chi connectivity index (χ0n) is 10.4. The van der Waals surface area contributed by atoms with Gasteiger partial charge in [-0.15, -0.1) is 0 Å². The fraction of sp³-hybridized carbons (Fsp3) is 0.333. The van der Waals surface area contributed by atoms with Gasteiger partial charge in [0.1, 0.15) is 0 Å². The molecule has 3 N–H and O–H groups in total. The summed E-state index contributed by atoms with van der Waals surface area (Å²) < 4.78 is 0. The number of benzene rings is 1. The van der Waals surface area contributed by atoms with E-state index in [0.29, 0.717) is 12.1 Å². The molecule has 0 spiro atoms. The van der Waals surface area contributed by atoms with Crippen molar-refractivity contribution < 1.29 is 4.79 Å². The largest absolute Gasteiger partial charge is 0.359 e. The molecule has 0 fully saturated rings. The molecule has 5 heteroatoms. The highest BCUT2D eigenvalue weighted by molar-refractivity contribution is 5.94. The summed E-state index contributed by atoms with van der Waals surface area (Å²) in [5, 5.41) is 8.66. The summed E-state index contributed by atoms with van der Waals surface area (Å²) in [7, 11) is 5.13. The Labute approximate surface area is 101 Å². The molecule has 5 nitrogen and oxygen atoms in total. The number of hydrogen-bond acceptors (Lipinski definition) is 2. The van der Waals surface area contributed by atoms with Crippen LogP contribution in [0.5, 0.6) is 0 Å². The van der Waals surface area contributed by atoms with Crippen molar-refractivity contribution in [2.45, 2.75) is 6.54 Å². The van der Waals surface area contributed by atoms with Gasteiger partial charge in [-0.25, -0.2) is 0 Å². The Morgan fingerprint density at radius 2 is 2.06 bits per heavy atom. The number of amides is 1. The molecule has 0 unspecified atom stereocenters. The molecule has 1 rings (SSSR count). The predicted molar refractivity (Wildman–Crippen MR) is 69.1 cm³/mol. The molecule has 0 aliphatic heterocycles. The fourth-order valence-corrected chi connectivity index (χ4v) is 1.43. The van der Waals surface area contributed by atoms with Crippen LogP contribution < -0.4 is 16.0 Å². The van der Waals surface area contributed by atoms with Gasteiger partial charge in [-0.05, 0) is 17.7 Å². The van der Waals surface area contributed by atoms with Crippen LogP contribution in [0.4, 0.5) is 0 Å². The summed E-state index contributed by atoms with van der Waals surface area (Å²) in [5.41, 5.74) is 1.69. The average Bonchev–Trinajstić information content (AvgIpc) is 2.39. The Hall–Kier alpha value is -2.04. The van der Waals surface area contributed by atoms with E-state index in [9.17, 15) is 4.79 Å². The van der Waals surface area contributed by atoms with Crippen LogP contribution in [0.2, 0.25) is 0 Å². The van der Waals surface area contributed by atoms with Gasteiger partial charge >= 0.3 is 0 Å². The van der Waals surface area contributed by atoms with Crippen molar-refractivity contribution in [2.75, 3.05) is 21.1 Å². The predicted octanol–water partition coefficient (Wildman–Crippen LogP) is 0.341. The molecule has 0 heterocycles. The molecular weight excluding hydrogens is 216 g/mol. The SMILES string of the molecule is CN=C(NC)NCc1cccc(C(=O)NC)c1. The summed E-state index contributed by atoms with van der Waals surface area (Å²) >= 11 is 0. The van der Waals surface area contributed by atoms with Crippen molar-refractivity contribution in [3.63, 3.8) is 0 Å². The molecule has 92 valence electrons. The van der Waals surface area contributed by atoms with E-state index >= 15 is 0 Å². The summed E-state index contributed by atoms with van der Waals surface area (Å²) in [6.07, 6.45) is 0. The second-order valence-electron chi connectivity index (χ2n) is 3.46. The van der Waals surface area contributed by atoms with E-state index in [-0.39, 0.29) is 5.91 Å². The lowest BCUT2D eigenvalue weighted by Gasteiger charge is -2.09. The van der Waals surface area contributed by atoms with Crippen molar-refractivity contribution in [1.29, 1.82) is 0 Å². The summed E-state index contributed by atoms with van der Waals surface area (Å²) in [6, 6.07) is 7.47. The first-order valence-electron chi connectivity index (χ1n) is 5.40. The highest BCUT2D eigenvalue weighted by Crippen LogP contribution is 2.04. The van der Waals surface area contributed by atoms with Gasteiger partial charge < -0.3 is 16.0 Å². The van der Waals surface area contributed by atoms with Crippen molar-refractivity contribution in [1.82, 2.24) is 16.0 Å². The van der Waals surface area contributed by atoms with Crippen LogP contribution in [0.3, 0.4) is 0 Å². The molecule has 17 heavy (non-hydrogen) atoms. The molecule has 0 aromatic heterocycles. The van der Waals surface area contributed by atoms with E-state index in [2.05, 4.69) is 20.9 Å². The van der Waals surface area contributed by atoms with Crippen LogP contribution >= 0.6 is 0 Å². The van der Waals surface area contributed by atoms with Gasteiger partial charge in [0.2, 0.25) is 0 Å². The van der Waals surface area contributed by atoms with Gasteiger partial charge in [0.15, 0.2) is 5.96 Å². The average molecular weight is 234 g/mol. The molecule has 0 aliphatic rings. The van der Waals surface area contributed by atoms with Crippen LogP contribution in [-0.2, 0) is 6.54 Å². The first kappa shape index (κ1) is 13.0. The minimum atomic E-state index is -0.0788. The van der Waals surface area contributed by atoms with Gasteiger partial charge in [0, 0.05) is 33.3 Å². The van der Waals surface area contributed by atoms with Gasteiger partial charge in [0.05, 0.1) is 0 Å². The molecule has 1 amide bonds. The van der Waals surface area contributed by atoms with Gasteiger partial charge in [-0.2, -0.15) is 0 Å². The Bertz CT molecular complexity index is 415. The van der Waals surface area contributed by atoms with Crippen molar-refractivity contribution in [3.8, 4) is 0 Å². The molecule has 0 saturated carbocycles. The third-order valence-electron chi connectivity index (χ3n) is 2.34. The van der Waals surface area contributed by atoms with Crippen LogP contribution in [0.1, 0.15) is 15.9 Å². The van der Waals surface area contributed by atoms with Gasteiger partial charge in [-0.1, -0.05) is 12.1 Å². The van der Waals surface area contributed by atoms with Crippen LogP contribution in [-0.4, -0.2) is 33.0 Å². The smallest absolute Gasteiger partial charge is 0.251 e. The maximum Gasteiger partial charge on any atom is 0.251 e. The van der Waals surface area contributed by atoms with Gasteiger partial charge in [0.25, 0.3) is 5.91 Å². The topological polar surface area (TPSA) is 65.5 Å². The van der Waals surface area contributed by atoms with Crippen LogP contribution in [0.15, 0.2) is 29.3 Å². The second-order valence-corrected chi connectivity index (χ2v) is 3.46. The third kappa shape index (κ3) is 3.79. The number of carbonyl (C=O) groups excluding carboxylic acids is 1. The van der Waals surface area contributed by atoms with E-state index in [0.717, 1.165) is 11.5 Å². The standard InChI is InChI=1S/C12H18N4O/c1-13-11(17)10-6-4-5-9(7-10)8-16-12(14-2)15-3/h4-7H,8H2,1-3H3,(H,13,17)(H2,14,15,16). The lowest BCUT2D eigenvalue weighted by atomic mass is 10.1. The quantitative estimate of drug-likeness (QED) is 0.522. The van der Waals surface area contributed by atoms with Crippen LogP contribution in [0.25, 0.3) is 0 Å². The summed E-state index contributed by atoms with van der Waals surface area (Å²) in [4.78, 5) is 15.5. The maximum atomic E-state index is 11.4.